The Hall–Kier alpha value is -3.09. The summed E-state index contributed by atoms with van der Waals surface area (Å²) in [6.07, 6.45) is 3.15. The predicted molar refractivity (Wildman–Crippen MR) is 112 cm³/mol. The molecule has 0 fully saturated rings. The normalized spacial score (nSPS) is 11.0. The molecule has 0 aliphatic carbocycles. The van der Waals surface area contributed by atoms with E-state index in [1.165, 1.54) is 11.8 Å². The van der Waals surface area contributed by atoms with E-state index in [1.54, 1.807) is 41.2 Å². The van der Waals surface area contributed by atoms with Crippen LogP contribution in [0.3, 0.4) is 0 Å². The number of hydrogen-bond acceptors (Lipinski definition) is 4. The van der Waals surface area contributed by atoms with E-state index in [0.717, 1.165) is 5.56 Å². The second kappa shape index (κ2) is 7.39. The molecule has 29 heavy (non-hydrogen) atoms. The van der Waals surface area contributed by atoms with Gasteiger partial charge < -0.3 is 9.30 Å². The number of aromatic nitrogens is 3. The Bertz CT molecular complexity index is 1260. The van der Waals surface area contributed by atoms with Gasteiger partial charge in [-0.3, -0.25) is 4.79 Å². The average Bonchev–Trinajstić information content (AvgIpc) is 3.03. The van der Waals surface area contributed by atoms with Gasteiger partial charge in [-0.2, -0.15) is 9.78 Å². The van der Waals surface area contributed by atoms with Crippen molar-refractivity contribution in [1.29, 1.82) is 0 Å². The van der Waals surface area contributed by atoms with E-state index in [2.05, 4.69) is 5.10 Å². The van der Waals surface area contributed by atoms with Gasteiger partial charge in [0.05, 0.1) is 18.4 Å². The summed E-state index contributed by atoms with van der Waals surface area (Å²) in [5.74, 6) is -0.605. The molecule has 0 bridgehead atoms. The molecule has 2 heterocycles. The number of carbonyl (C=O) groups is 1. The molecule has 2 aliphatic rings. The van der Waals surface area contributed by atoms with Crippen LogP contribution in [0, 0.1) is 6.92 Å². The van der Waals surface area contributed by atoms with Crippen LogP contribution in [-0.4, -0.2) is 27.4 Å². The summed E-state index contributed by atoms with van der Waals surface area (Å²) in [6, 6.07) is 12.3. The number of ether oxygens (including phenoxy) is 1. The minimum atomic E-state index is -0.605. The van der Waals surface area contributed by atoms with E-state index in [4.69, 9.17) is 27.9 Å². The molecule has 0 aromatic heterocycles. The topological polar surface area (TPSA) is 66.1 Å². The molecule has 0 saturated carbocycles. The van der Waals surface area contributed by atoms with Crippen molar-refractivity contribution in [3.05, 3.63) is 86.4 Å². The number of carbonyl (C=O) groups excluding carboxylic acids is 1. The fourth-order valence-electron chi connectivity index (χ4n) is 3.17. The lowest BCUT2D eigenvalue weighted by atomic mass is 10.1. The highest BCUT2D eigenvalue weighted by molar-refractivity contribution is 6.34. The second-order valence-electron chi connectivity index (χ2n) is 6.46. The zero-order valence-corrected chi connectivity index (χ0v) is 17.0. The molecule has 2 aliphatic heterocycles. The first-order chi connectivity index (χ1) is 13.9. The van der Waals surface area contributed by atoms with Crippen LogP contribution < -0.4 is 5.56 Å². The van der Waals surface area contributed by atoms with E-state index in [1.807, 2.05) is 25.1 Å². The van der Waals surface area contributed by atoms with Crippen LogP contribution >= 0.6 is 23.2 Å². The van der Waals surface area contributed by atoms with Crippen LogP contribution in [0.1, 0.15) is 15.9 Å². The van der Waals surface area contributed by atoms with E-state index in [9.17, 15) is 9.59 Å². The van der Waals surface area contributed by atoms with Gasteiger partial charge in [0.1, 0.15) is 11.3 Å². The molecule has 0 radical (unpaired) electrons. The molecule has 4 rings (SSSR count). The highest BCUT2D eigenvalue weighted by Gasteiger charge is 2.25. The third kappa shape index (κ3) is 3.41. The van der Waals surface area contributed by atoms with Crippen molar-refractivity contribution in [2.24, 2.45) is 0 Å². The lowest BCUT2D eigenvalue weighted by Crippen LogP contribution is -2.16. The number of nitrogens with zero attached hydrogens (tertiary/aromatic N) is 3. The van der Waals surface area contributed by atoms with E-state index in [0.29, 0.717) is 21.4 Å². The molecule has 0 spiro atoms. The number of hydrogen-bond donors (Lipinski definition) is 0. The first-order valence-electron chi connectivity index (χ1n) is 8.65. The molecular weight excluding hydrogens is 413 g/mol. The Morgan fingerprint density at radius 1 is 1.07 bits per heavy atom. The van der Waals surface area contributed by atoms with E-state index in [-0.39, 0.29) is 22.4 Å². The summed E-state index contributed by atoms with van der Waals surface area (Å²) >= 11 is 12.2. The van der Waals surface area contributed by atoms with E-state index >= 15 is 0 Å². The first kappa shape index (κ1) is 19.2. The molecule has 6 nitrogen and oxygen atoms in total. The summed E-state index contributed by atoms with van der Waals surface area (Å²) in [4.78, 5) is 25.6. The van der Waals surface area contributed by atoms with Crippen molar-refractivity contribution in [1.82, 2.24) is 14.3 Å². The van der Waals surface area contributed by atoms with Gasteiger partial charge in [-0.25, -0.2) is 4.79 Å². The van der Waals surface area contributed by atoms with Crippen LogP contribution in [0.4, 0.5) is 0 Å². The SMILES string of the molecule is COC(=O)c1cn(-c2cc(Cl)cc(Cl)c2)cc2c(=O)n(-c3ccccc3C)nc1-2. The highest BCUT2D eigenvalue weighted by atomic mass is 35.5. The summed E-state index contributed by atoms with van der Waals surface area (Å²) in [6.45, 7) is 1.89. The number of para-hydroxylation sites is 1. The van der Waals surface area contributed by atoms with Crippen LogP contribution in [0.15, 0.2) is 59.7 Å². The monoisotopic (exact) mass is 427 g/mol. The number of rotatable bonds is 3. The maximum Gasteiger partial charge on any atom is 0.341 e. The summed E-state index contributed by atoms with van der Waals surface area (Å²) < 4.78 is 7.81. The lowest BCUT2D eigenvalue weighted by molar-refractivity contribution is 0.0600. The Morgan fingerprint density at radius 3 is 2.41 bits per heavy atom. The number of halogens is 2. The number of pyridine rings is 1. The highest BCUT2D eigenvalue weighted by Crippen LogP contribution is 2.27. The summed E-state index contributed by atoms with van der Waals surface area (Å²) in [5, 5.41) is 5.28. The van der Waals surface area contributed by atoms with Crippen LogP contribution in [0.2, 0.25) is 10.0 Å². The molecule has 0 unspecified atom stereocenters. The number of fused-ring (bicyclic) bond motifs is 1. The third-order valence-corrected chi connectivity index (χ3v) is 5.00. The van der Waals surface area contributed by atoms with Crippen molar-refractivity contribution in [3.63, 3.8) is 0 Å². The van der Waals surface area contributed by atoms with Crippen LogP contribution in [0.25, 0.3) is 22.6 Å². The van der Waals surface area contributed by atoms with Crippen molar-refractivity contribution >= 4 is 29.2 Å². The number of benzene rings is 2. The molecule has 2 aromatic rings. The predicted octanol–water partition coefficient (Wildman–Crippen LogP) is 4.53. The lowest BCUT2D eigenvalue weighted by Gasteiger charge is -2.12. The first-order valence-corrected chi connectivity index (χ1v) is 9.40. The zero-order chi connectivity index (χ0) is 20.7. The molecular formula is C21H15Cl2N3O3. The second-order valence-corrected chi connectivity index (χ2v) is 7.34. The van der Waals surface area contributed by atoms with Crippen molar-refractivity contribution in [2.45, 2.75) is 6.92 Å². The van der Waals surface area contributed by atoms with Crippen molar-refractivity contribution in [2.75, 3.05) is 7.11 Å². The van der Waals surface area contributed by atoms with Crippen molar-refractivity contribution in [3.8, 4) is 22.6 Å². The van der Waals surface area contributed by atoms with Gasteiger partial charge in [0.15, 0.2) is 0 Å². The molecule has 0 saturated heterocycles. The summed E-state index contributed by atoms with van der Waals surface area (Å²) in [7, 11) is 1.28. The minimum absolute atomic E-state index is 0.158. The standard InChI is InChI=1S/C21H15Cl2N3O3/c1-12-5-3-4-6-18(12)26-20(27)16-10-25(15-8-13(22)7-14(23)9-15)11-17(19(16)24-26)21(28)29-2/h3-11H,1-2H3. The average molecular weight is 428 g/mol. The quantitative estimate of drug-likeness (QED) is 0.450. The maximum absolute atomic E-state index is 13.1. The van der Waals surface area contributed by atoms with Gasteiger partial charge >= 0.3 is 5.97 Å². The number of methoxy groups -OCH3 is 1. The third-order valence-electron chi connectivity index (χ3n) is 4.56. The van der Waals surface area contributed by atoms with Gasteiger partial charge in [0, 0.05) is 28.1 Å². The minimum Gasteiger partial charge on any atom is -0.465 e. The van der Waals surface area contributed by atoms with Crippen LogP contribution in [-0.2, 0) is 4.74 Å². The van der Waals surface area contributed by atoms with E-state index < -0.39 is 5.97 Å². The molecule has 0 N–H and O–H groups in total. The van der Waals surface area contributed by atoms with Gasteiger partial charge in [-0.15, -0.1) is 0 Å². The molecule has 8 heteroatoms. The molecule has 146 valence electrons. The molecule has 0 atom stereocenters. The molecule has 0 amide bonds. The Kier molecular flexibility index (Phi) is 4.90. The Labute approximate surface area is 176 Å². The summed E-state index contributed by atoms with van der Waals surface area (Å²) in [5.41, 5.74) is 2.46. The number of aryl methyl sites for hydroxylation is 1. The zero-order valence-electron chi connectivity index (χ0n) is 15.5. The maximum atomic E-state index is 13.1. The largest absolute Gasteiger partial charge is 0.465 e. The number of esters is 1. The van der Waals surface area contributed by atoms with Gasteiger partial charge in [-0.1, -0.05) is 41.4 Å². The molecule has 2 aromatic carbocycles. The smallest absolute Gasteiger partial charge is 0.341 e. The Morgan fingerprint density at radius 2 is 1.76 bits per heavy atom. The van der Waals surface area contributed by atoms with Gasteiger partial charge in [-0.05, 0) is 36.8 Å². The van der Waals surface area contributed by atoms with Crippen LogP contribution in [0.5, 0.6) is 0 Å². The van der Waals surface area contributed by atoms with Gasteiger partial charge in [0.25, 0.3) is 5.56 Å². The van der Waals surface area contributed by atoms with Gasteiger partial charge in [0.2, 0.25) is 0 Å². The Balaban J connectivity index is 2.03. The fourth-order valence-corrected chi connectivity index (χ4v) is 3.68. The fraction of sp³-hybridized carbons (Fsp3) is 0.0952. The van der Waals surface area contributed by atoms with Crippen molar-refractivity contribution < 1.29 is 9.53 Å².